The van der Waals surface area contributed by atoms with Crippen molar-refractivity contribution in [2.75, 3.05) is 12.0 Å². The molecule has 0 saturated carbocycles. The highest BCUT2D eigenvalue weighted by atomic mass is 32.2. The van der Waals surface area contributed by atoms with E-state index in [1.807, 2.05) is 6.26 Å². The zero-order valence-corrected chi connectivity index (χ0v) is 11.6. The van der Waals surface area contributed by atoms with Gasteiger partial charge in [0.05, 0.1) is 0 Å². The minimum atomic E-state index is 0.287. The molecule has 0 radical (unpaired) electrons. The van der Waals surface area contributed by atoms with Crippen LogP contribution in [0.15, 0.2) is 23.4 Å². The van der Waals surface area contributed by atoms with Gasteiger partial charge in [-0.15, -0.1) is 0 Å². The summed E-state index contributed by atoms with van der Waals surface area (Å²) in [7, 11) is 0. The number of aromatic nitrogens is 3. The average Bonchev–Trinajstić information content (AvgIpc) is 2.33. The number of hydrogen-bond acceptors (Lipinski definition) is 5. The summed E-state index contributed by atoms with van der Waals surface area (Å²) in [5.41, 5.74) is 9.39. The van der Waals surface area contributed by atoms with Crippen LogP contribution in [0.1, 0.15) is 22.5 Å². The largest absolute Gasteiger partial charge is 0.368 e. The molecule has 1 aromatic heterocycles. The maximum Gasteiger partial charge on any atom is 0.224 e. The van der Waals surface area contributed by atoms with Crippen LogP contribution in [0.2, 0.25) is 0 Å². The van der Waals surface area contributed by atoms with Crippen molar-refractivity contribution in [2.24, 2.45) is 0 Å². The standard InChI is InChI=1S/C13H16N4S/c1-8-4-5-9(2)10(6-8)7-11-15-12(14)17-13(16-11)18-3/h4-6H,7H2,1-3H3,(H2,14,15,16,17). The van der Waals surface area contributed by atoms with E-state index >= 15 is 0 Å². The summed E-state index contributed by atoms with van der Waals surface area (Å²) in [5, 5.41) is 0.669. The predicted molar refractivity (Wildman–Crippen MR) is 74.7 cm³/mol. The number of hydrogen-bond donors (Lipinski definition) is 1. The first kappa shape index (κ1) is 12.8. The Morgan fingerprint density at radius 1 is 1.17 bits per heavy atom. The molecule has 2 rings (SSSR count). The molecule has 1 aromatic carbocycles. The lowest BCUT2D eigenvalue weighted by Crippen LogP contribution is -2.05. The van der Waals surface area contributed by atoms with Crippen LogP contribution in [0.5, 0.6) is 0 Å². The molecule has 0 unspecified atom stereocenters. The Bertz CT molecular complexity index is 569. The second kappa shape index (κ2) is 5.35. The zero-order valence-electron chi connectivity index (χ0n) is 10.8. The number of nitrogen functional groups attached to an aromatic ring is 1. The van der Waals surface area contributed by atoms with Gasteiger partial charge < -0.3 is 5.73 Å². The average molecular weight is 260 g/mol. The van der Waals surface area contributed by atoms with E-state index < -0.39 is 0 Å². The first-order valence-corrected chi connectivity index (χ1v) is 6.91. The monoisotopic (exact) mass is 260 g/mol. The lowest BCUT2D eigenvalue weighted by Gasteiger charge is -2.07. The second-order valence-electron chi connectivity index (χ2n) is 4.20. The van der Waals surface area contributed by atoms with Gasteiger partial charge in [-0.2, -0.15) is 9.97 Å². The van der Waals surface area contributed by atoms with Gasteiger partial charge in [0.1, 0.15) is 5.82 Å². The molecular formula is C13H16N4S. The number of benzene rings is 1. The molecule has 4 nitrogen and oxygen atoms in total. The number of nitrogens with zero attached hydrogens (tertiary/aromatic N) is 3. The number of thioether (sulfide) groups is 1. The minimum absolute atomic E-state index is 0.287. The molecular weight excluding hydrogens is 244 g/mol. The first-order chi connectivity index (χ1) is 8.58. The summed E-state index contributed by atoms with van der Waals surface area (Å²) in [6.45, 7) is 4.17. The van der Waals surface area contributed by atoms with Gasteiger partial charge in [-0.05, 0) is 31.2 Å². The third-order valence-corrected chi connectivity index (χ3v) is 3.26. The van der Waals surface area contributed by atoms with E-state index in [1.54, 1.807) is 0 Å². The SMILES string of the molecule is CSc1nc(N)nc(Cc2cc(C)ccc2C)n1. The van der Waals surface area contributed by atoms with Gasteiger partial charge in [0, 0.05) is 6.42 Å². The molecule has 2 N–H and O–H groups in total. The molecule has 0 saturated heterocycles. The Balaban J connectivity index is 2.33. The Morgan fingerprint density at radius 2 is 1.94 bits per heavy atom. The molecule has 0 amide bonds. The molecule has 94 valence electrons. The van der Waals surface area contributed by atoms with Crippen molar-refractivity contribution in [3.63, 3.8) is 0 Å². The molecule has 2 aromatic rings. The van der Waals surface area contributed by atoms with Gasteiger partial charge in [-0.1, -0.05) is 35.5 Å². The van der Waals surface area contributed by atoms with Crippen LogP contribution < -0.4 is 5.73 Å². The van der Waals surface area contributed by atoms with Gasteiger partial charge >= 0.3 is 0 Å². The summed E-state index contributed by atoms with van der Waals surface area (Å²) >= 11 is 1.47. The van der Waals surface area contributed by atoms with Crippen molar-refractivity contribution in [3.05, 3.63) is 40.7 Å². The third-order valence-electron chi connectivity index (χ3n) is 2.71. The molecule has 0 spiro atoms. The normalized spacial score (nSPS) is 10.6. The van der Waals surface area contributed by atoms with E-state index in [4.69, 9.17) is 5.73 Å². The second-order valence-corrected chi connectivity index (χ2v) is 4.98. The third kappa shape index (κ3) is 2.98. The van der Waals surface area contributed by atoms with Gasteiger partial charge in [0.2, 0.25) is 5.95 Å². The maximum absolute atomic E-state index is 5.68. The number of anilines is 1. The molecule has 18 heavy (non-hydrogen) atoms. The number of rotatable bonds is 3. The summed E-state index contributed by atoms with van der Waals surface area (Å²) < 4.78 is 0. The van der Waals surface area contributed by atoms with E-state index in [1.165, 1.54) is 28.5 Å². The van der Waals surface area contributed by atoms with Gasteiger partial charge in [-0.25, -0.2) is 4.98 Å². The van der Waals surface area contributed by atoms with Crippen LogP contribution >= 0.6 is 11.8 Å². The van der Waals surface area contributed by atoms with Crippen molar-refractivity contribution in [2.45, 2.75) is 25.4 Å². The summed E-state index contributed by atoms with van der Waals surface area (Å²) in [4.78, 5) is 12.6. The van der Waals surface area contributed by atoms with Crippen molar-refractivity contribution < 1.29 is 0 Å². The van der Waals surface area contributed by atoms with Crippen molar-refractivity contribution in [1.29, 1.82) is 0 Å². The van der Waals surface area contributed by atoms with Crippen LogP contribution in [0.4, 0.5) is 5.95 Å². The fourth-order valence-corrected chi connectivity index (χ4v) is 2.13. The molecule has 0 atom stereocenters. The molecule has 1 heterocycles. The maximum atomic E-state index is 5.68. The van der Waals surface area contributed by atoms with Crippen molar-refractivity contribution >= 4 is 17.7 Å². The van der Waals surface area contributed by atoms with E-state index in [0.29, 0.717) is 11.6 Å². The van der Waals surface area contributed by atoms with Crippen LogP contribution in [-0.4, -0.2) is 21.2 Å². The molecule has 0 aliphatic rings. The van der Waals surface area contributed by atoms with E-state index in [-0.39, 0.29) is 5.95 Å². The zero-order chi connectivity index (χ0) is 13.1. The van der Waals surface area contributed by atoms with E-state index in [2.05, 4.69) is 47.0 Å². The Labute approximate surface area is 111 Å². The summed E-state index contributed by atoms with van der Waals surface area (Å²) in [6, 6.07) is 6.38. The fraction of sp³-hybridized carbons (Fsp3) is 0.308. The topological polar surface area (TPSA) is 64.7 Å². The summed E-state index contributed by atoms with van der Waals surface area (Å²) in [5.74, 6) is 1.01. The molecule has 0 fully saturated rings. The first-order valence-electron chi connectivity index (χ1n) is 5.69. The fourth-order valence-electron chi connectivity index (χ4n) is 1.75. The highest BCUT2D eigenvalue weighted by Crippen LogP contribution is 2.16. The number of nitrogens with two attached hydrogens (primary N) is 1. The predicted octanol–water partition coefficient (Wildman–Crippen LogP) is 2.38. The highest BCUT2D eigenvalue weighted by Gasteiger charge is 2.07. The van der Waals surface area contributed by atoms with Crippen LogP contribution in [0.25, 0.3) is 0 Å². The smallest absolute Gasteiger partial charge is 0.224 e. The molecule has 0 bridgehead atoms. The van der Waals surface area contributed by atoms with Gasteiger partial charge in [-0.3, -0.25) is 0 Å². The van der Waals surface area contributed by atoms with Crippen LogP contribution in [0, 0.1) is 13.8 Å². The molecule has 0 aliphatic heterocycles. The Kier molecular flexibility index (Phi) is 3.81. The van der Waals surface area contributed by atoms with Crippen molar-refractivity contribution in [3.8, 4) is 0 Å². The van der Waals surface area contributed by atoms with Crippen LogP contribution in [-0.2, 0) is 6.42 Å². The molecule has 5 heteroatoms. The van der Waals surface area contributed by atoms with Crippen LogP contribution in [0.3, 0.4) is 0 Å². The minimum Gasteiger partial charge on any atom is -0.368 e. The van der Waals surface area contributed by atoms with E-state index in [0.717, 1.165) is 5.82 Å². The van der Waals surface area contributed by atoms with E-state index in [9.17, 15) is 0 Å². The van der Waals surface area contributed by atoms with Gasteiger partial charge in [0.25, 0.3) is 0 Å². The quantitative estimate of drug-likeness (QED) is 0.858. The molecule has 0 aliphatic carbocycles. The van der Waals surface area contributed by atoms with Gasteiger partial charge in [0.15, 0.2) is 5.16 Å². The lowest BCUT2D eigenvalue weighted by molar-refractivity contribution is 0.837. The Hall–Kier alpha value is -1.62. The Morgan fingerprint density at radius 3 is 2.67 bits per heavy atom. The number of aryl methyl sites for hydroxylation is 2. The lowest BCUT2D eigenvalue weighted by atomic mass is 10.0. The highest BCUT2D eigenvalue weighted by molar-refractivity contribution is 7.98. The van der Waals surface area contributed by atoms with Crippen molar-refractivity contribution in [1.82, 2.24) is 15.0 Å². The summed E-state index contributed by atoms with van der Waals surface area (Å²) in [6.07, 6.45) is 2.62.